The van der Waals surface area contributed by atoms with Gasteiger partial charge in [-0.25, -0.2) is 12.8 Å². The summed E-state index contributed by atoms with van der Waals surface area (Å²) in [5.41, 5.74) is 2.01. The zero-order chi connectivity index (χ0) is 27.8. The van der Waals surface area contributed by atoms with Gasteiger partial charge >= 0.3 is 6.18 Å². The molecule has 1 atom stereocenters. The largest absolute Gasteiger partial charge is 0.497 e. The van der Waals surface area contributed by atoms with Gasteiger partial charge < -0.3 is 9.30 Å². The number of fused-ring (bicyclic) bond motifs is 1. The predicted octanol–water partition coefficient (Wildman–Crippen LogP) is 5.50. The van der Waals surface area contributed by atoms with E-state index in [4.69, 9.17) is 4.74 Å². The maximum Gasteiger partial charge on any atom is 0.404 e. The molecule has 2 aromatic carbocycles. The highest BCUT2D eigenvalue weighted by molar-refractivity contribution is 7.89. The van der Waals surface area contributed by atoms with Crippen molar-refractivity contribution >= 4 is 20.9 Å². The molecule has 0 aliphatic rings. The summed E-state index contributed by atoms with van der Waals surface area (Å²) in [4.78, 5) is 3.70. The predicted molar refractivity (Wildman–Crippen MR) is 133 cm³/mol. The van der Waals surface area contributed by atoms with Crippen molar-refractivity contribution < 1.29 is 30.7 Å². The van der Waals surface area contributed by atoms with Crippen LogP contribution < -0.4 is 9.46 Å². The number of nitriles is 1. The fourth-order valence-electron chi connectivity index (χ4n) is 4.04. The summed E-state index contributed by atoms with van der Waals surface area (Å²) < 4.78 is 87.1. The summed E-state index contributed by atoms with van der Waals surface area (Å²) in [5.74, 6) is 0.0380. The van der Waals surface area contributed by atoms with Gasteiger partial charge in [-0.1, -0.05) is 13.0 Å². The first-order valence-electron chi connectivity index (χ1n) is 11.4. The van der Waals surface area contributed by atoms with E-state index < -0.39 is 33.0 Å². The van der Waals surface area contributed by atoms with Gasteiger partial charge in [0.1, 0.15) is 28.6 Å². The molecule has 1 N–H and O–H groups in total. The maximum atomic E-state index is 14.8. The molecule has 2 heterocycles. The van der Waals surface area contributed by atoms with Crippen molar-refractivity contribution in [3.05, 3.63) is 71.7 Å². The number of hydrogen-bond donors (Lipinski definition) is 1. The third-order valence-corrected chi connectivity index (χ3v) is 7.58. The van der Waals surface area contributed by atoms with E-state index in [-0.39, 0.29) is 17.0 Å². The lowest BCUT2D eigenvalue weighted by Crippen LogP contribution is -2.42. The number of benzene rings is 2. The number of alkyl halides is 3. The highest BCUT2D eigenvalue weighted by Gasteiger charge is 2.39. The summed E-state index contributed by atoms with van der Waals surface area (Å²) in [7, 11) is -3.04. The molecule has 0 amide bonds. The minimum absolute atomic E-state index is 0.0938. The van der Waals surface area contributed by atoms with Gasteiger partial charge in [0, 0.05) is 23.3 Å². The number of aromatic nitrogens is 2. The lowest BCUT2D eigenvalue weighted by atomic mass is 10.1. The second kappa shape index (κ2) is 10.1. The van der Waals surface area contributed by atoms with Crippen molar-refractivity contribution in [1.82, 2.24) is 14.3 Å². The van der Waals surface area contributed by atoms with Gasteiger partial charge in [-0.3, -0.25) is 4.98 Å². The van der Waals surface area contributed by atoms with E-state index in [9.17, 15) is 31.2 Å². The number of halogens is 4. The minimum atomic E-state index is -4.77. The first-order valence-corrected chi connectivity index (χ1v) is 12.9. The van der Waals surface area contributed by atoms with Crippen LogP contribution in [0.2, 0.25) is 0 Å². The first kappa shape index (κ1) is 27.1. The molecular formula is C26H22F4N4O3S. The molecular weight excluding hydrogens is 524 g/mol. The Hall–Kier alpha value is -3.95. The van der Waals surface area contributed by atoms with E-state index in [0.29, 0.717) is 41.2 Å². The van der Waals surface area contributed by atoms with Crippen LogP contribution in [0.3, 0.4) is 0 Å². The molecule has 0 unspecified atom stereocenters. The molecule has 12 heteroatoms. The Morgan fingerprint density at radius 1 is 1.18 bits per heavy atom. The molecule has 7 nitrogen and oxygen atoms in total. The van der Waals surface area contributed by atoms with Crippen LogP contribution >= 0.6 is 0 Å². The molecule has 0 fully saturated rings. The van der Waals surface area contributed by atoms with Crippen LogP contribution in [0.1, 0.15) is 25.0 Å². The molecule has 4 rings (SSSR count). The molecule has 0 aliphatic carbocycles. The number of nitrogens with one attached hydrogen (secondary N) is 1. The van der Waals surface area contributed by atoms with Crippen molar-refractivity contribution in [3.8, 4) is 28.9 Å². The fraction of sp³-hybridized carbons (Fsp3) is 0.231. The van der Waals surface area contributed by atoms with Crippen molar-refractivity contribution in [3.63, 3.8) is 0 Å². The molecule has 0 radical (unpaired) electrons. The van der Waals surface area contributed by atoms with Gasteiger partial charge in [-0.2, -0.15) is 23.2 Å². The number of nitrogens with zero attached hydrogens (tertiary/aromatic N) is 3. The smallest absolute Gasteiger partial charge is 0.404 e. The lowest BCUT2D eigenvalue weighted by molar-refractivity contribution is -0.147. The monoisotopic (exact) mass is 546 g/mol. The third kappa shape index (κ3) is 4.94. The second-order valence-electron chi connectivity index (χ2n) is 8.45. The topological polar surface area (TPSA) is 97.0 Å². The van der Waals surface area contributed by atoms with Crippen LogP contribution in [0.25, 0.3) is 28.0 Å². The lowest BCUT2D eigenvalue weighted by Gasteiger charge is -2.17. The molecule has 2 aromatic heterocycles. The molecule has 0 aliphatic heterocycles. The summed E-state index contributed by atoms with van der Waals surface area (Å²) in [6.45, 7) is 2.48. The molecule has 0 saturated heterocycles. The average Bonchev–Trinajstić information content (AvgIpc) is 3.20. The van der Waals surface area contributed by atoms with Crippen LogP contribution in [-0.2, 0) is 16.4 Å². The van der Waals surface area contributed by atoms with Crippen molar-refractivity contribution in [2.24, 2.45) is 0 Å². The van der Waals surface area contributed by atoms with Crippen LogP contribution in [0, 0.1) is 17.1 Å². The number of sulfonamides is 1. The van der Waals surface area contributed by atoms with Crippen molar-refractivity contribution in [2.45, 2.75) is 37.4 Å². The Balaban J connectivity index is 1.94. The maximum absolute atomic E-state index is 14.8. The van der Waals surface area contributed by atoms with E-state index in [1.54, 1.807) is 46.5 Å². The van der Waals surface area contributed by atoms with Gasteiger partial charge in [-0.15, -0.1) is 0 Å². The van der Waals surface area contributed by atoms with E-state index in [1.165, 1.54) is 19.2 Å². The third-order valence-electron chi connectivity index (χ3n) is 6.05. The highest BCUT2D eigenvalue weighted by atomic mass is 32.2. The van der Waals surface area contributed by atoms with Gasteiger partial charge in [0.05, 0.1) is 29.6 Å². The average molecular weight is 547 g/mol. The van der Waals surface area contributed by atoms with Crippen LogP contribution in [0.15, 0.2) is 59.6 Å². The van der Waals surface area contributed by atoms with Crippen LogP contribution in [0.4, 0.5) is 17.6 Å². The Morgan fingerprint density at radius 3 is 2.50 bits per heavy atom. The van der Waals surface area contributed by atoms with Gasteiger partial charge in [0.25, 0.3) is 0 Å². The molecule has 0 saturated carbocycles. The summed E-state index contributed by atoms with van der Waals surface area (Å²) in [6, 6.07) is 12.0. The normalized spacial score (nSPS) is 12.9. The van der Waals surface area contributed by atoms with E-state index in [1.807, 2.05) is 0 Å². The standard InChI is InChI=1S/C26H22F4N4O3S/c1-4-16-10-24-20(12-22(16)27)21(13-31)25(34(24)17-6-5-7-18(11-17)37-3)23-9-8-19(14-32-23)38(35,36)33-15(2)26(28,29)30/h5-12,14-15,33H,4H2,1-3H3/t15-/m0/s1. The van der Waals surface area contributed by atoms with Crippen LogP contribution in [-0.4, -0.2) is 37.3 Å². The Kier molecular flexibility index (Phi) is 7.18. The molecule has 4 aromatic rings. The van der Waals surface area contributed by atoms with E-state index in [2.05, 4.69) is 11.1 Å². The minimum Gasteiger partial charge on any atom is -0.497 e. The molecule has 38 heavy (non-hydrogen) atoms. The molecule has 0 spiro atoms. The zero-order valence-corrected chi connectivity index (χ0v) is 21.3. The fourth-order valence-corrected chi connectivity index (χ4v) is 5.22. The SMILES string of the molecule is CCc1cc2c(cc1F)c(C#N)c(-c1ccc(S(=O)(=O)N[C@@H](C)C(F)(F)F)cn1)n2-c1cccc(OC)c1. The van der Waals surface area contributed by atoms with E-state index >= 15 is 0 Å². The van der Waals surface area contributed by atoms with Gasteiger partial charge in [0.2, 0.25) is 10.0 Å². The molecule has 0 bridgehead atoms. The van der Waals surface area contributed by atoms with Crippen LogP contribution in [0.5, 0.6) is 5.75 Å². The summed E-state index contributed by atoms with van der Waals surface area (Å²) in [6.07, 6.45) is -3.46. The second-order valence-corrected chi connectivity index (χ2v) is 10.2. The number of aryl methyl sites for hydroxylation is 1. The van der Waals surface area contributed by atoms with Crippen molar-refractivity contribution in [2.75, 3.05) is 7.11 Å². The molecule has 198 valence electrons. The Labute approximate surface area is 216 Å². The Morgan fingerprint density at radius 2 is 1.92 bits per heavy atom. The van der Waals surface area contributed by atoms with Crippen molar-refractivity contribution in [1.29, 1.82) is 5.26 Å². The number of methoxy groups -OCH3 is 1. The number of hydrogen-bond acceptors (Lipinski definition) is 5. The summed E-state index contributed by atoms with van der Waals surface area (Å²) in [5, 5.41) is 10.4. The highest BCUT2D eigenvalue weighted by Crippen LogP contribution is 2.37. The van der Waals surface area contributed by atoms with Gasteiger partial charge in [0.15, 0.2) is 0 Å². The quantitative estimate of drug-likeness (QED) is 0.309. The number of rotatable bonds is 7. The van der Waals surface area contributed by atoms with E-state index in [0.717, 1.165) is 12.3 Å². The first-order chi connectivity index (χ1) is 17.9. The number of ether oxygens (including phenoxy) is 1. The summed E-state index contributed by atoms with van der Waals surface area (Å²) >= 11 is 0. The van der Waals surface area contributed by atoms with Gasteiger partial charge in [-0.05, 0) is 55.3 Å². The number of pyridine rings is 1. The Bertz CT molecular complexity index is 1660. The zero-order valence-electron chi connectivity index (χ0n) is 20.5.